The number of hydrogen-bond donors (Lipinski definition) is 2. The van der Waals surface area contributed by atoms with E-state index in [0.717, 1.165) is 11.1 Å². The summed E-state index contributed by atoms with van der Waals surface area (Å²) in [5, 5.41) is 11.6. The number of carbonyl (C=O) groups excluding carboxylic acids is 1. The second-order valence-electron chi connectivity index (χ2n) is 5.79. The van der Waals surface area contributed by atoms with E-state index >= 15 is 0 Å². The van der Waals surface area contributed by atoms with Crippen LogP contribution < -0.4 is 10.1 Å². The van der Waals surface area contributed by atoms with E-state index in [1.54, 1.807) is 12.1 Å². The van der Waals surface area contributed by atoms with Crippen LogP contribution in [0.15, 0.2) is 48.5 Å². The number of nitrogens with one attached hydrogen (secondary N) is 1. The van der Waals surface area contributed by atoms with Crippen LogP contribution in [0.3, 0.4) is 0 Å². The van der Waals surface area contributed by atoms with Gasteiger partial charge in [0, 0.05) is 13.0 Å². The van der Waals surface area contributed by atoms with Crippen LogP contribution in [0.1, 0.15) is 27.9 Å². The summed E-state index contributed by atoms with van der Waals surface area (Å²) < 4.78 is 40.1. The van der Waals surface area contributed by atoms with E-state index in [2.05, 4.69) is 10.1 Å². The van der Waals surface area contributed by atoms with Crippen molar-refractivity contribution < 1.29 is 32.6 Å². The Hall–Kier alpha value is -3.03. The number of carboxylic acid groups (broad SMARTS) is 1. The molecular weight excluding hydrogens is 363 g/mol. The molecule has 0 fully saturated rings. The Morgan fingerprint density at radius 3 is 2.04 bits per heavy atom. The molecule has 2 aromatic rings. The fourth-order valence-electron chi connectivity index (χ4n) is 2.36. The smallest absolute Gasteiger partial charge is 0.478 e. The van der Waals surface area contributed by atoms with Gasteiger partial charge >= 0.3 is 12.3 Å². The number of hydrogen-bond acceptors (Lipinski definition) is 3. The molecule has 2 aromatic carbocycles. The SMILES string of the molecule is O=C(CCc1ccc(OC(F)(F)F)cc1)NCCc1ccc(C(=O)O)cc1. The number of halogens is 3. The van der Waals surface area contributed by atoms with Gasteiger partial charge in [-0.15, -0.1) is 13.2 Å². The molecule has 27 heavy (non-hydrogen) atoms. The first kappa shape index (κ1) is 20.3. The molecule has 0 atom stereocenters. The second kappa shape index (κ2) is 9.07. The van der Waals surface area contributed by atoms with Crippen LogP contribution in [0.2, 0.25) is 0 Å². The van der Waals surface area contributed by atoms with Crippen LogP contribution >= 0.6 is 0 Å². The molecule has 2 N–H and O–H groups in total. The Bertz CT molecular complexity index is 771. The third-order valence-electron chi connectivity index (χ3n) is 3.73. The van der Waals surface area contributed by atoms with Crippen molar-refractivity contribution in [3.05, 3.63) is 65.2 Å². The van der Waals surface area contributed by atoms with Crippen molar-refractivity contribution in [2.45, 2.75) is 25.6 Å². The average Bonchev–Trinajstić information content (AvgIpc) is 2.60. The van der Waals surface area contributed by atoms with Crippen LogP contribution in [0.5, 0.6) is 5.75 Å². The number of ether oxygens (including phenoxy) is 1. The summed E-state index contributed by atoms with van der Waals surface area (Å²) in [6.45, 7) is 0.406. The summed E-state index contributed by atoms with van der Waals surface area (Å²) in [7, 11) is 0. The molecule has 0 saturated carbocycles. The topological polar surface area (TPSA) is 75.6 Å². The number of alkyl halides is 3. The Kier molecular flexibility index (Phi) is 6.81. The molecule has 1 amide bonds. The molecular formula is C19H18F3NO4. The Balaban J connectivity index is 1.70. The molecule has 0 aliphatic heterocycles. The van der Waals surface area contributed by atoms with Crippen molar-refractivity contribution in [2.24, 2.45) is 0 Å². The zero-order valence-electron chi connectivity index (χ0n) is 14.3. The minimum Gasteiger partial charge on any atom is -0.478 e. The lowest BCUT2D eigenvalue weighted by molar-refractivity contribution is -0.274. The minimum atomic E-state index is -4.73. The van der Waals surface area contributed by atoms with Gasteiger partial charge in [0.15, 0.2) is 0 Å². The lowest BCUT2D eigenvalue weighted by Crippen LogP contribution is -2.25. The first-order valence-electron chi connectivity index (χ1n) is 8.16. The standard InChI is InChI=1S/C19H18F3NO4/c20-19(21,22)27-16-8-3-13(4-9-16)5-10-17(24)23-12-11-14-1-6-15(7-2-14)18(25)26/h1-4,6-9H,5,10-12H2,(H,23,24)(H,25,26). The molecule has 0 bridgehead atoms. The first-order chi connectivity index (χ1) is 12.7. The monoisotopic (exact) mass is 381 g/mol. The summed E-state index contributed by atoms with van der Waals surface area (Å²) in [5.74, 6) is -1.47. The maximum Gasteiger partial charge on any atom is 0.573 e. The van der Waals surface area contributed by atoms with E-state index in [9.17, 15) is 22.8 Å². The van der Waals surface area contributed by atoms with Crippen molar-refractivity contribution in [1.29, 1.82) is 0 Å². The fraction of sp³-hybridized carbons (Fsp3) is 0.263. The van der Waals surface area contributed by atoms with Gasteiger partial charge in [0.1, 0.15) is 5.75 Å². The predicted octanol–water partition coefficient (Wildman–Crippen LogP) is 3.57. The van der Waals surface area contributed by atoms with Crippen LogP contribution in [0.4, 0.5) is 13.2 Å². The van der Waals surface area contributed by atoms with Crippen LogP contribution in [0, 0.1) is 0 Å². The first-order valence-corrected chi connectivity index (χ1v) is 8.16. The van der Waals surface area contributed by atoms with Gasteiger partial charge in [0.2, 0.25) is 5.91 Å². The normalized spacial score (nSPS) is 11.1. The van der Waals surface area contributed by atoms with E-state index in [4.69, 9.17) is 5.11 Å². The molecule has 0 aliphatic carbocycles. The number of aromatic carboxylic acids is 1. The highest BCUT2D eigenvalue weighted by molar-refractivity contribution is 5.87. The van der Waals surface area contributed by atoms with Gasteiger partial charge in [0.05, 0.1) is 5.56 Å². The van der Waals surface area contributed by atoms with Gasteiger partial charge in [0.25, 0.3) is 0 Å². The van der Waals surface area contributed by atoms with E-state index in [1.165, 1.54) is 36.4 Å². The molecule has 0 unspecified atom stereocenters. The summed E-state index contributed by atoms with van der Waals surface area (Å²) in [6, 6.07) is 11.8. The highest BCUT2D eigenvalue weighted by Gasteiger charge is 2.30. The molecule has 0 radical (unpaired) electrons. The molecule has 0 spiro atoms. The summed E-state index contributed by atoms with van der Waals surface area (Å²) in [6.07, 6.45) is -3.56. The number of aryl methyl sites for hydroxylation is 1. The zero-order chi connectivity index (χ0) is 19.9. The number of benzene rings is 2. The molecule has 5 nitrogen and oxygen atoms in total. The molecule has 144 valence electrons. The van der Waals surface area contributed by atoms with Gasteiger partial charge < -0.3 is 15.2 Å². The van der Waals surface area contributed by atoms with E-state index in [0.29, 0.717) is 19.4 Å². The summed E-state index contributed by atoms with van der Waals surface area (Å²) in [4.78, 5) is 22.6. The zero-order valence-corrected chi connectivity index (χ0v) is 14.3. The number of rotatable bonds is 8. The average molecular weight is 381 g/mol. The molecule has 0 aliphatic rings. The van der Waals surface area contributed by atoms with Crippen LogP contribution in [-0.2, 0) is 17.6 Å². The van der Waals surface area contributed by atoms with Crippen molar-refractivity contribution in [3.8, 4) is 5.75 Å². The molecule has 0 saturated heterocycles. The van der Waals surface area contributed by atoms with Crippen molar-refractivity contribution in [3.63, 3.8) is 0 Å². The van der Waals surface area contributed by atoms with Gasteiger partial charge in [-0.3, -0.25) is 4.79 Å². The Morgan fingerprint density at radius 2 is 1.48 bits per heavy atom. The van der Waals surface area contributed by atoms with E-state index in [-0.39, 0.29) is 23.6 Å². The fourth-order valence-corrected chi connectivity index (χ4v) is 2.36. The third-order valence-corrected chi connectivity index (χ3v) is 3.73. The van der Waals surface area contributed by atoms with Crippen molar-refractivity contribution >= 4 is 11.9 Å². The highest BCUT2D eigenvalue weighted by Crippen LogP contribution is 2.23. The van der Waals surface area contributed by atoms with Gasteiger partial charge in [-0.2, -0.15) is 0 Å². The van der Waals surface area contributed by atoms with Gasteiger partial charge in [-0.25, -0.2) is 4.79 Å². The molecule has 2 rings (SSSR count). The van der Waals surface area contributed by atoms with E-state index in [1.807, 2.05) is 0 Å². The quantitative estimate of drug-likeness (QED) is 0.733. The minimum absolute atomic E-state index is 0.173. The summed E-state index contributed by atoms with van der Waals surface area (Å²) in [5.41, 5.74) is 1.83. The van der Waals surface area contributed by atoms with Crippen LogP contribution in [-0.4, -0.2) is 29.9 Å². The van der Waals surface area contributed by atoms with Gasteiger partial charge in [-0.05, 0) is 48.2 Å². The highest BCUT2D eigenvalue weighted by atomic mass is 19.4. The maximum atomic E-state index is 12.1. The number of carbonyl (C=O) groups is 2. The lowest BCUT2D eigenvalue weighted by atomic mass is 10.1. The van der Waals surface area contributed by atoms with Crippen molar-refractivity contribution in [2.75, 3.05) is 6.54 Å². The molecule has 0 aromatic heterocycles. The number of carboxylic acids is 1. The van der Waals surface area contributed by atoms with Crippen molar-refractivity contribution in [1.82, 2.24) is 5.32 Å². The van der Waals surface area contributed by atoms with Gasteiger partial charge in [-0.1, -0.05) is 24.3 Å². The molecule has 0 heterocycles. The maximum absolute atomic E-state index is 12.1. The molecule has 8 heteroatoms. The Morgan fingerprint density at radius 1 is 0.926 bits per heavy atom. The predicted molar refractivity (Wildman–Crippen MR) is 91.6 cm³/mol. The lowest BCUT2D eigenvalue weighted by Gasteiger charge is -2.09. The number of amides is 1. The second-order valence-corrected chi connectivity index (χ2v) is 5.79. The summed E-state index contributed by atoms with van der Waals surface area (Å²) >= 11 is 0. The van der Waals surface area contributed by atoms with E-state index < -0.39 is 12.3 Å². The largest absolute Gasteiger partial charge is 0.573 e. The van der Waals surface area contributed by atoms with Crippen LogP contribution in [0.25, 0.3) is 0 Å². The third kappa shape index (κ3) is 7.39. The Labute approximate surface area is 153 Å².